The van der Waals surface area contributed by atoms with Crippen LogP contribution in [-0.2, 0) is 11.3 Å². The molecular formula is C24H27N5OS. The summed E-state index contributed by atoms with van der Waals surface area (Å²) >= 11 is 1.38. The second-order valence-electron chi connectivity index (χ2n) is 7.68. The minimum atomic E-state index is 0.145. The maximum Gasteiger partial charge on any atom is 0.233 e. The number of piperazine rings is 1. The number of hydrogen-bond acceptors (Lipinski definition) is 5. The number of rotatable bonds is 7. The molecule has 0 saturated carbocycles. The molecule has 160 valence electrons. The standard InChI is InChI=1S/C24H27N5OS/c1-19-6-5-9-21(16-19)17-28-12-14-29(15-13-28)23(30)18-31-24-25-22(26-27-24)11-10-20-7-3-2-4-8-20/h2-11,16H,12-15,17-18H2,1H3,(H,25,26,27). The highest BCUT2D eigenvalue weighted by atomic mass is 32.2. The number of carbonyl (C=O) groups excluding carboxylic acids is 1. The van der Waals surface area contributed by atoms with Crippen molar-refractivity contribution in [2.45, 2.75) is 18.6 Å². The third-order valence-corrected chi connectivity index (χ3v) is 6.09. The molecule has 1 N–H and O–H groups in total. The second-order valence-corrected chi connectivity index (χ2v) is 8.62. The van der Waals surface area contributed by atoms with Crippen LogP contribution < -0.4 is 0 Å². The Hall–Kier alpha value is -2.90. The van der Waals surface area contributed by atoms with Gasteiger partial charge in [-0.3, -0.25) is 14.8 Å². The molecule has 1 amide bonds. The molecule has 6 nitrogen and oxygen atoms in total. The number of thioether (sulfide) groups is 1. The Morgan fingerprint density at radius 1 is 1.06 bits per heavy atom. The van der Waals surface area contributed by atoms with Crippen molar-refractivity contribution in [1.82, 2.24) is 25.0 Å². The van der Waals surface area contributed by atoms with Gasteiger partial charge in [-0.15, -0.1) is 5.10 Å². The van der Waals surface area contributed by atoms with Gasteiger partial charge in [0.2, 0.25) is 11.1 Å². The van der Waals surface area contributed by atoms with E-state index in [2.05, 4.69) is 51.3 Å². The van der Waals surface area contributed by atoms with Gasteiger partial charge in [-0.05, 0) is 24.1 Å². The molecule has 1 saturated heterocycles. The molecule has 0 bridgehead atoms. The van der Waals surface area contributed by atoms with Crippen LogP contribution in [0.25, 0.3) is 12.2 Å². The lowest BCUT2D eigenvalue weighted by molar-refractivity contribution is -0.130. The summed E-state index contributed by atoms with van der Waals surface area (Å²) in [5, 5.41) is 7.72. The van der Waals surface area contributed by atoms with Crippen molar-refractivity contribution in [1.29, 1.82) is 0 Å². The van der Waals surface area contributed by atoms with E-state index in [1.807, 2.05) is 47.4 Å². The Morgan fingerprint density at radius 3 is 2.65 bits per heavy atom. The van der Waals surface area contributed by atoms with Gasteiger partial charge in [0.25, 0.3) is 0 Å². The molecule has 0 unspecified atom stereocenters. The second kappa shape index (κ2) is 10.4. The predicted octanol–water partition coefficient (Wildman–Crippen LogP) is 3.72. The average Bonchev–Trinajstić information content (AvgIpc) is 3.25. The summed E-state index contributed by atoms with van der Waals surface area (Å²) in [4.78, 5) is 21.4. The Bertz CT molecular complexity index is 1030. The number of nitrogens with zero attached hydrogens (tertiary/aromatic N) is 4. The van der Waals surface area contributed by atoms with E-state index in [0.29, 0.717) is 16.7 Å². The summed E-state index contributed by atoms with van der Waals surface area (Å²) in [5.74, 6) is 1.19. The lowest BCUT2D eigenvalue weighted by Crippen LogP contribution is -2.48. The zero-order valence-electron chi connectivity index (χ0n) is 17.7. The van der Waals surface area contributed by atoms with Gasteiger partial charge < -0.3 is 4.90 Å². The van der Waals surface area contributed by atoms with Gasteiger partial charge in [0.15, 0.2) is 0 Å². The minimum Gasteiger partial charge on any atom is -0.339 e. The monoisotopic (exact) mass is 433 g/mol. The van der Waals surface area contributed by atoms with Crippen molar-refractivity contribution < 1.29 is 4.79 Å². The van der Waals surface area contributed by atoms with Crippen LogP contribution in [0, 0.1) is 6.92 Å². The third-order valence-electron chi connectivity index (χ3n) is 5.25. The molecule has 31 heavy (non-hydrogen) atoms. The summed E-state index contributed by atoms with van der Waals surface area (Å²) in [6.07, 6.45) is 3.87. The number of aromatic amines is 1. The number of hydrogen-bond donors (Lipinski definition) is 1. The number of benzene rings is 2. The number of amides is 1. The first-order valence-corrected chi connectivity index (χ1v) is 11.5. The molecule has 0 aliphatic carbocycles. The van der Waals surface area contributed by atoms with E-state index in [4.69, 9.17) is 0 Å². The number of carbonyl (C=O) groups is 1. The number of aryl methyl sites for hydroxylation is 1. The van der Waals surface area contributed by atoms with Crippen molar-refractivity contribution >= 4 is 29.8 Å². The fourth-order valence-electron chi connectivity index (χ4n) is 3.58. The third kappa shape index (κ3) is 6.29. The fraction of sp³-hybridized carbons (Fsp3) is 0.292. The van der Waals surface area contributed by atoms with Crippen LogP contribution in [0.5, 0.6) is 0 Å². The highest BCUT2D eigenvalue weighted by molar-refractivity contribution is 7.99. The van der Waals surface area contributed by atoms with E-state index in [1.165, 1.54) is 22.9 Å². The zero-order chi connectivity index (χ0) is 21.5. The molecule has 1 aliphatic heterocycles. The first kappa shape index (κ1) is 21.3. The van der Waals surface area contributed by atoms with E-state index >= 15 is 0 Å². The number of H-pyrrole nitrogens is 1. The number of aromatic nitrogens is 3. The highest BCUT2D eigenvalue weighted by Crippen LogP contribution is 2.16. The highest BCUT2D eigenvalue weighted by Gasteiger charge is 2.21. The van der Waals surface area contributed by atoms with Gasteiger partial charge in [-0.25, -0.2) is 4.98 Å². The summed E-state index contributed by atoms with van der Waals surface area (Å²) in [6.45, 7) is 6.40. The number of nitrogens with one attached hydrogen (secondary N) is 1. The molecule has 1 aromatic heterocycles. The molecule has 0 radical (unpaired) electrons. The summed E-state index contributed by atoms with van der Waals surface area (Å²) in [6, 6.07) is 18.7. The maximum absolute atomic E-state index is 12.6. The Balaban J connectivity index is 1.21. The largest absolute Gasteiger partial charge is 0.339 e. The van der Waals surface area contributed by atoms with Crippen molar-refractivity contribution in [3.63, 3.8) is 0 Å². The molecule has 1 fully saturated rings. The maximum atomic E-state index is 12.6. The lowest BCUT2D eigenvalue weighted by Gasteiger charge is -2.34. The van der Waals surface area contributed by atoms with E-state index in [1.54, 1.807) is 0 Å². The molecule has 0 atom stereocenters. The van der Waals surface area contributed by atoms with E-state index in [0.717, 1.165) is 38.3 Å². The first-order valence-electron chi connectivity index (χ1n) is 10.5. The molecular weight excluding hydrogens is 406 g/mol. The molecule has 1 aliphatic rings. The summed E-state index contributed by atoms with van der Waals surface area (Å²) < 4.78 is 0. The van der Waals surface area contributed by atoms with Gasteiger partial charge in [0, 0.05) is 32.7 Å². The molecule has 7 heteroatoms. The molecule has 3 aromatic rings. The summed E-state index contributed by atoms with van der Waals surface area (Å²) in [5.41, 5.74) is 3.72. The van der Waals surface area contributed by atoms with E-state index < -0.39 is 0 Å². The quantitative estimate of drug-likeness (QED) is 0.576. The smallest absolute Gasteiger partial charge is 0.233 e. The minimum absolute atomic E-state index is 0.145. The van der Waals surface area contributed by atoms with Crippen molar-refractivity contribution in [2.75, 3.05) is 31.9 Å². The van der Waals surface area contributed by atoms with E-state index in [9.17, 15) is 4.79 Å². The van der Waals surface area contributed by atoms with Gasteiger partial charge in [0.05, 0.1) is 5.75 Å². The SMILES string of the molecule is Cc1cccc(CN2CCN(C(=O)CSc3n[nH]c(C=Cc4ccccc4)n3)CC2)c1. The first-order chi connectivity index (χ1) is 15.2. The van der Waals surface area contributed by atoms with E-state index in [-0.39, 0.29) is 5.91 Å². The lowest BCUT2D eigenvalue weighted by atomic mass is 10.1. The zero-order valence-corrected chi connectivity index (χ0v) is 18.5. The average molecular weight is 434 g/mol. The van der Waals surface area contributed by atoms with Crippen LogP contribution >= 0.6 is 11.8 Å². The fourth-order valence-corrected chi connectivity index (χ4v) is 4.29. The van der Waals surface area contributed by atoms with Crippen LogP contribution in [-0.4, -0.2) is 62.8 Å². The van der Waals surface area contributed by atoms with Gasteiger partial charge in [-0.2, -0.15) is 0 Å². The molecule has 2 heterocycles. The van der Waals surface area contributed by atoms with Gasteiger partial charge in [-0.1, -0.05) is 78.0 Å². The van der Waals surface area contributed by atoms with Crippen LogP contribution in [0.4, 0.5) is 0 Å². The Kier molecular flexibility index (Phi) is 7.17. The predicted molar refractivity (Wildman–Crippen MR) is 126 cm³/mol. The van der Waals surface area contributed by atoms with Crippen molar-refractivity contribution in [2.24, 2.45) is 0 Å². The van der Waals surface area contributed by atoms with Gasteiger partial charge >= 0.3 is 0 Å². The topological polar surface area (TPSA) is 65.1 Å². The van der Waals surface area contributed by atoms with Crippen molar-refractivity contribution in [3.8, 4) is 0 Å². The normalized spacial score (nSPS) is 14.9. The Morgan fingerprint density at radius 2 is 1.87 bits per heavy atom. The van der Waals surface area contributed by atoms with Crippen LogP contribution in [0.3, 0.4) is 0 Å². The van der Waals surface area contributed by atoms with Crippen LogP contribution in [0.1, 0.15) is 22.5 Å². The molecule has 2 aromatic carbocycles. The van der Waals surface area contributed by atoms with Gasteiger partial charge in [0.1, 0.15) is 5.82 Å². The molecule has 4 rings (SSSR count). The Labute approximate surface area is 187 Å². The molecule has 0 spiro atoms. The summed E-state index contributed by atoms with van der Waals surface area (Å²) in [7, 11) is 0. The van der Waals surface area contributed by atoms with Crippen LogP contribution in [0.15, 0.2) is 59.8 Å². The van der Waals surface area contributed by atoms with Crippen molar-refractivity contribution in [3.05, 3.63) is 77.1 Å². The van der Waals surface area contributed by atoms with Crippen LogP contribution in [0.2, 0.25) is 0 Å².